The Morgan fingerprint density at radius 1 is 0.964 bits per heavy atom. The summed E-state index contributed by atoms with van der Waals surface area (Å²) in [6, 6.07) is 17.8. The first-order valence-corrected chi connectivity index (χ1v) is 9.75. The van der Waals surface area contributed by atoms with Gasteiger partial charge >= 0.3 is 0 Å². The third-order valence-corrected chi connectivity index (χ3v) is 5.77. The molecule has 0 unspecified atom stereocenters. The lowest BCUT2D eigenvalue weighted by atomic mass is 10.1. The Morgan fingerprint density at radius 2 is 1.68 bits per heavy atom. The van der Waals surface area contributed by atoms with Crippen molar-refractivity contribution in [2.75, 3.05) is 9.80 Å². The third kappa shape index (κ3) is 2.27. The van der Waals surface area contributed by atoms with Crippen LogP contribution in [0, 0.1) is 12.7 Å². The minimum atomic E-state index is -0.282. The molecule has 2 heterocycles. The molecule has 0 amide bonds. The lowest BCUT2D eigenvalue weighted by molar-refractivity contribution is 0.601. The summed E-state index contributed by atoms with van der Waals surface area (Å²) >= 11 is 0. The molecule has 28 heavy (non-hydrogen) atoms. The van der Waals surface area contributed by atoms with E-state index in [0.717, 1.165) is 27.6 Å². The van der Waals surface area contributed by atoms with Crippen LogP contribution >= 0.6 is 0 Å². The highest BCUT2D eigenvalue weighted by atomic mass is 19.1. The molecular weight excluding hydrogens is 351 g/mol. The minimum Gasteiger partial charge on any atom is -0.454 e. The summed E-state index contributed by atoms with van der Waals surface area (Å²) in [7, 11) is 0. The van der Waals surface area contributed by atoms with Gasteiger partial charge < -0.3 is 14.2 Å². The number of furan rings is 1. The Bertz CT molecular complexity index is 1210. The zero-order chi connectivity index (χ0) is 19.6. The van der Waals surface area contributed by atoms with Crippen molar-refractivity contribution in [1.29, 1.82) is 0 Å². The average Bonchev–Trinajstić information content (AvgIpc) is 3.16. The molecule has 3 aromatic carbocycles. The summed E-state index contributed by atoms with van der Waals surface area (Å²) in [5.74, 6) is -0.282. The molecular formula is C24H23FN2O. The summed E-state index contributed by atoms with van der Waals surface area (Å²) in [6.07, 6.45) is 0.145. The van der Waals surface area contributed by atoms with E-state index in [1.165, 1.54) is 23.5 Å². The highest BCUT2D eigenvalue weighted by Crippen LogP contribution is 2.49. The Kier molecular flexibility index (Phi) is 3.66. The Labute approximate surface area is 164 Å². The van der Waals surface area contributed by atoms with Crippen molar-refractivity contribution in [3.8, 4) is 0 Å². The lowest BCUT2D eigenvalue weighted by Gasteiger charge is -2.33. The van der Waals surface area contributed by atoms with Gasteiger partial charge in [-0.25, -0.2) is 4.39 Å². The van der Waals surface area contributed by atoms with Gasteiger partial charge in [0.05, 0.1) is 17.1 Å². The summed E-state index contributed by atoms with van der Waals surface area (Å²) in [6.45, 7) is 8.76. The zero-order valence-electron chi connectivity index (χ0n) is 16.5. The van der Waals surface area contributed by atoms with Crippen LogP contribution in [-0.2, 0) is 0 Å². The van der Waals surface area contributed by atoms with E-state index in [2.05, 4.69) is 73.9 Å². The number of hydrogen-bond acceptors (Lipinski definition) is 3. The van der Waals surface area contributed by atoms with Gasteiger partial charge in [0.1, 0.15) is 17.6 Å². The molecule has 0 saturated carbocycles. The summed E-state index contributed by atoms with van der Waals surface area (Å²) in [4.78, 5) is 4.78. The fraction of sp³-hybridized carbons (Fsp3) is 0.250. The molecule has 1 aliphatic rings. The third-order valence-electron chi connectivity index (χ3n) is 5.77. The topological polar surface area (TPSA) is 19.6 Å². The van der Waals surface area contributed by atoms with Gasteiger partial charge in [-0.15, -0.1) is 0 Å². The predicted molar refractivity (Wildman–Crippen MR) is 114 cm³/mol. The van der Waals surface area contributed by atoms with Crippen molar-refractivity contribution >= 4 is 39.0 Å². The molecule has 5 rings (SSSR count). The molecule has 4 aromatic rings. The number of aryl methyl sites for hydroxylation is 1. The molecule has 0 spiro atoms. The van der Waals surface area contributed by atoms with Crippen LogP contribution in [0.5, 0.6) is 0 Å². The molecule has 0 aliphatic carbocycles. The van der Waals surface area contributed by atoms with Gasteiger partial charge in [-0.05, 0) is 57.5 Å². The molecule has 0 N–H and O–H groups in total. The Hall–Kier alpha value is -3.01. The Balaban J connectivity index is 1.82. The van der Waals surface area contributed by atoms with Crippen LogP contribution in [0.15, 0.2) is 59.0 Å². The monoisotopic (exact) mass is 374 g/mol. The molecule has 0 radical (unpaired) electrons. The SMILES string of the molecule is Cc1ccc2c(oc3cc(F)ccc32)c1N1c2ccccc2N(C(C)C)[C@@H]1C. The zero-order valence-corrected chi connectivity index (χ0v) is 16.5. The molecule has 0 fully saturated rings. The van der Waals surface area contributed by atoms with Crippen molar-refractivity contribution in [3.05, 3.63) is 66.0 Å². The second-order valence-electron chi connectivity index (χ2n) is 7.84. The van der Waals surface area contributed by atoms with Crippen LogP contribution in [0.3, 0.4) is 0 Å². The number of nitrogens with zero attached hydrogens (tertiary/aromatic N) is 2. The first-order valence-electron chi connectivity index (χ1n) is 9.75. The fourth-order valence-electron chi connectivity index (χ4n) is 4.63. The van der Waals surface area contributed by atoms with Crippen LogP contribution < -0.4 is 9.80 Å². The maximum atomic E-state index is 13.8. The molecule has 0 bridgehead atoms. The quantitative estimate of drug-likeness (QED) is 0.387. The normalized spacial score (nSPS) is 16.6. The van der Waals surface area contributed by atoms with Gasteiger partial charge in [0.2, 0.25) is 0 Å². The number of rotatable bonds is 2. The number of hydrogen-bond donors (Lipinski definition) is 0. The van der Waals surface area contributed by atoms with E-state index < -0.39 is 0 Å². The smallest absolute Gasteiger partial charge is 0.159 e. The first-order chi connectivity index (χ1) is 13.5. The summed E-state index contributed by atoms with van der Waals surface area (Å²) in [5.41, 5.74) is 5.99. The second-order valence-corrected chi connectivity index (χ2v) is 7.84. The Morgan fingerprint density at radius 3 is 2.43 bits per heavy atom. The van der Waals surface area contributed by atoms with Crippen LogP contribution in [0.1, 0.15) is 26.3 Å². The van der Waals surface area contributed by atoms with Crippen LogP contribution in [0.25, 0.3) is 21.9 Å². The highest BCUT2D eigenvalue weighted by molar-refractivity contribution is 6.10. The number of fused-ring (bicyclic) bond motifs is 4. The van der Waals surface area contributed by atoms with Gasteiger partial charge in [0.15, 0.2) is 5.58 Å². The van der Waals surface area contributed by atoms with E-state index >= 15 is 0 Å². The van der Waals surface area contributed by atoms with Crippen molar-refractivity contribution in [1.82, 2.24) is 0 Å². The molecule has 1 aromatic heterocycles. The van der Waals surface area contributed by atoms with E-state index in [-0.39, 0.29) is 12.0 Å². The molecule has 4 heteroatoms. The molecule has 1 atom stereocenters. The van der Waals surface area contributed by atoms with E-state index in [9.17, 15) is 4.39 Å². The number of anilines is 3. The van der Waals surface area contributed by atoms with E-state index in [1.807, 2.05) is 0 Å². The standard InChI is InChI=1S/C24H23FN2O/c1-14(2)26-16(4)27(21-8-6-5-7-20(21)26)23-15(3)9-11-19-18-12-10-17(25)13-22(18)28-24(19)23/h5-14,16H,1-4H3/t16-/m0/s1. The summed E-state index contributed by atoms with van der Waals surface area (Å²) in [5, 5.41) is 1.96. The van der Waals surface area contributed by atoms with Crippen LogP contribution in [0.2, 0.25) is 0 Å². The number of para-hydroxylation sites is 2. The van der Waals surface area contributed by atoms with Crippen molar-refractivity contribution in [2.24, 2.45) is 0 Å². The van der Waals surface area contributed by atoms with Gasteiger partial charge in [-0.3, -0.25) is 0 Å². The van der Waals surface area contributed by atoms with Gasteiger partial charge in [-0.2, -0.15) is 0 Å². The fourth-order valence-corrected chi connectivity index (χ4v) is 4.63. The van der Waals surface area contributed by atoms with Crippen molar-refractivity contribution in [3.63, 3.8) is 0 Å². The van der Waals surface area contributed by atoms with Gasteiger partial charge in [-0.1, -0.05) is 24.3 Å². The van der Waals surface area contributed by atoms with Crippen molar-refractivity contribution in [2.45, 2.75) is 39.9 Å². The first kappa shape index (κ1) is 17.1. The maximum absolute atomic E-state index is 13.8. The minimum absolute atomic E-state index is 0.145. The molecule has 1 aliphatic heterocycles. The van der Waals surface area contributed by atoms with Crippen molar-refractivity contribution < 1.29 is 8.81 Å². The summed E-state index contributed by atoms with van der Waals surface area (Å²) < 4.78 is 20.0. The van der Waals surface area contributed by atoms with Gasteiger partial charge in [0.25, 0.3) is 0 Å². The number of benzene rings is 3. The van der Waals surface area contributed by atoms with Crippen LogP contribution in [0.4, 0.5) is 21.5 Å². The van der Waals surface area contributed by atoms with Gasteiger partial charge in [0, 0.05) is 22.9 Å². The number of halogens is 1. The van der Waals surface area contributed by atoms with E-state index in [0.29, 0.717) is 11.6 Å². The second kappa shape index (κ2) is 5.99. The molecule has 0 saturated heterocycles. The van der Waals surface area contributed by atoms with E-state index in [4.69, 9.17) is 4.42 Å². The highest BCUT2D eigenvalue weighted by Gasteiger charge is 2.37. The maximum Gasteiger partial charge on any atom is 0.159 e. The molecule has 142 valence electrons. The predicted octanol–water partition coefficient (Wildman–Crippen LogP) is 6.75. The largest absolute Gasteiger partial charge is 0.454 e. The average molecular weight is 374 g/mol. The van der Waals surface area contributed by atoms with E-state index in [1.54, 1.807) is 6.07 Å². The lowest BCUT2D eigenvalue weighted by Crippen LogP contribution is -2.42. The van der Waals surface area contributed by atoms with Crippen LogP contribution in [-0.4, -0.2) is 12.2 Å². The molecule has 3 nitrogen and oxygen atoms in total.